The molecule has 0 aromatic heterocycles. The third-order valence-corrected chi connectivity index (χ3v) is 3.20. The summed E-state index contributed by atoms with van der Waals surface area (Å²) in [6.45, 7) is 7.32. The van der Waals surface area contributed by atoms with Crippen LogP contribution in [-0.2, 0) is 4.74 Å². The van der Waals surface area contributed by atoms with Crippen molar-refractivity contribution in [3.63, 3.8) is 0 Å². The second-order valence-corrected chi connectivity index (χ2v) is 5.28. The lowest BCUT2D eigenvalue weighted by Gasteiger charge is -2.17. The molecule has 1 atom stereocenters. The van der Waals surface area contributed by atoms with Crippen LogP contribution in [0.4, 0.5) is 0 Å². The monoisotopic (exact) mass is 243 g/mol. The normalized spacial score (nSPS) is 13.2. The van der Waals surface area contributed by atoms with Gasteiger partial charge in [-0.3, -0.25) is 0 Å². The van der Waals surface area contributed by atoms with Crippen LogP contribution in [-0.4, -0.2) is 25.8 Å². The van der Waals surface area contributed by atoms with Crippen LogP contribution >= 0.6 is 0 Å². The molecule has 1 unspecified atom stereocenters. The van der Waals surface area contributed by atoms with Crippen molar-refractivity contribution in [3.8, 4) is 0 Å². The van der Waals surface area contributed by atoms with Gasteiger partial charge >= 0.3 is 0 Å². The summed E-state index contributed by atoms with van der Waals surface area (Å²) >= 11 is 0. The van der Waals surface area contributed by atoms with Gasteiger partial charge in [0.2, 0.25) is 0 Å². The molecule has 2 nitrogen and oxygen atoms in total. The zero-order valence-corrected chi connectivity index (χ0v) is 12.4. The lowest BCUT2D eigenvalue weighted by molar-refractivity contribution is 0.0605. The van der Waals surface area contributed by atoms with Crippen molar-refractivity contribution in [2.24, 2.45) is 0 Å². The van der Waals surface area contributed by atoms with Crippen molar-refractivity contribution in [2.45, 2.75) is 84.3 Å². The minimum absolute atomic E-state index is 0.347. The number of ether oxygens (including phenoxy) is 1. The van der Waals surface area contributed by atoms with Crippen LogP contribution in [0.15, 0.2) is 0 Å². The zero-order chi connectivity index (χ0) is 12.9. The maximum atomic E-state index is 5.64. The molecule has 2 heteroatoms. The topological polar surface area (TPSA) is 21.3 Å². The van der Waals surface area contributed by atoms with Gasteiger partial charge in [0.25, 0.3) is 0 Å². The molecule has 0 fully saturated rings. The summed E-state index contributed by atoms with van der Waals surface area (Å²) in [5.74, 6) is 0. The van der Waals surface area contributed by atoms with Crippen LogP contribution in [0.3, 0.4) is 0 Å². The highest BCUT2D eigenvalue weighted by Crippen LogP contribution is 2.10. The molecule has 0 aromatic rings. The molecule has 0 radical (unpaired) electrons. The Morgan fingerprint density at radius 3 is 2.06 bits per heavy atom. The summed E-state index contributed by atoms with van der Waals surface area (Å²) in [5, 5.41) is 3.34. The summed E-state index contributed by atoms with van der Waals surface area (Å²) in [4.78, 5) is 0. The summed E-state index contributed by atoms with van der Waals surface area (Å²) < 4.78 is 5.64. The maximum absolute atomic E-state index is 5.64. The van der Waals surface area contributed by atoms with E-state index in [9.17, 15) is 0 Å². The Hall–Kier alpha value is -0.0800. The molecule has 1 N–H and O–H groups in total. The molecule has 0 bridgehead atoms. The third-order valence-electron chi connectivity index (χ3n) is 3.20. The Morgan fingerprint density at radius 1 is 0.941 bits per heavy atom. The van der Waals surface area contributed by atoms with Gasteiger partial charge in [-0.2, -0.15) is 0 Å². The molecular weight excluding hydrogens is 210 g/mol. The Morgan fingerprint density at radius 2 is 1.53 bits per heavy atom. The van der Waals surface area contributed by atoms with Crippen molar-refractivity contribution < 1.29 is 4.74 Å². The van der Waals surface area contributed by atoms with Crippen LogP contribution in [0, 0.1) is 0 Å². The molecule has 0 saturated carbocycles. The van der Waals surface area contributed by atoms with Gasteiger partial charge in [-0.1, -0.05) is 51.9 Å². The first-order valence-electron chi connectivity index (χ1n) is 7.49. The van der Waals surface area contributed by atoms with Crippen molar-refractivity contribution in [2.75, 3.05) is 13.7 Å². The van der Waals surface area contributed by atoms with Gasteiger partial charge in [0, 0.05) is 6.04 Å². The lowest BCUT2D eigenvalue weighted by atomic mass is 10.1. The predicted molar refractivity (Wildman–Crippen MR) is 76.5 cm³/mol. The SMILES string of the molecule is CCCCCCCCCC(COC(C)C)NC. The minimum Gasteiger partial charge on any atom is -0.377 e. The van der Waals surface area contributed by atoms with Gasteiger partial charge in [0.15, 0.2) is 0 Å². The van der Waals surface area contributed by atoms with E-state index in [0.29, 0.717) is 12.1 Å². The summed E-state index contributed by atoms with van der Waals surface area (Å²) in [5.41, 5.74) is 0. The molecule has 0 aliphatic carbocycles. The van der Waals surface area contributed by atoms with E-state index in [1.807, 2.05) is 7.05 Å². The van der Waals surface area contributed by atoms with E-state index < -0.39 is 0 Å². The number of likely N-dealkylation sites (N-methyl/N-ethyl adjacent to an activating group) is 1. The maximum Gasteiger partial charge on any atom is 0.0622 e. The average molecular weight is 243 g/mol. The summed E-state index contributed by atoms with van der Waals surface area (Å²) in [6, 6.07) is 0.535. The molecule has 0 aromatic carbocycles. The molecular formula is C15H33NO. The minimum atomic E-state index is 0.347. The molecule has 0 aliphatic rings. The van der Waals surface area contributed by atoms with Crippen LogP contribution in [0.2, 0.25) is 0 Å². The molecule has 0 rings (SSSR count). The first kappa shape index (κ1) is 16.9. The fourth-order valence-electron chi connectivity index (χ4n) is 1.97. The fourth-order valence-corrected chi connectivity index (χ4v) is 1.97. The Bertz CT molecular complexity index is 148. The number of hydrogen-bond acceptors (Lipinski definition) is 2. The van der Waals surface area contributed by atoms with Crippen LogP contribution in [0.25, 0.3) is 0 Å². The number of rotatable bonds is 12. The second kappa shape index (κ2) is 12.4. The van der Waals surface area contributed by atoms with E-state index in [2.05, 4.69) is 26.1 Å². The van der Waals surface area contributed by atoms with E-state index in [4.69, 9.17) is 4.74 Å². The van der Waals surface area contributed by atoms with Crippen molar-refractivity contribution >= 4 is 0 Å². The molecule has 0 aliphatic heterocycles. The van der Waals surface area contributed by atoms with Crippen molar-refractivity contribution in [1.29, 1.82) is 0 Å². The standard InChI is InChI=1S/C15H33NO/c1-5-6-7-8-9-10-11-12-15(16-4)13-17-14(2)3/h14-16H,5-13H2,1-4H3. The molecule has 17 heavy (non-hydrogen) atoms. The van der Waals surface area contributed by atoms with Crippen molar-refractivity contribution in [3.05, 3.63) is 0 Å². The molecule has 104 valence electrons. The predicted octanol–water partition coefficient (Wildman–Crippen LogP) is 4.14. The van der Waals surface area contributed by atoms with E-state index in [-0.39, 0.29) is 0 Å². The molecule has 0 saturated heterocycles. The number of unbranched alkanes of at least 4 members (excludes halogenated alkanes) is 6. The summed E-state index contributed by atoms with van der Waals surface area (Å²) in [6.07, 6.45) is 11.3. The Kier molecular flexibility index (Phi) is 12.3. The highest BCUT2D eigenvalue weighted by atomic mass is 16.5. The highest BCUT2D eigenvalue weighted by Gasteiger charge is 2.06. The molecule has 0 heterocycles. The molecule has 0 amide bonds. The third kappa shape index (κ3) is 12.2. The fraction of sp³-hybridized carbons (Fsp3) is 1.00. The second-order valence-electron chi connectivity index (χ2n) is 5.28. The van der Waals surface area contributed by atoms with Gasteiger partial charge in [-0.25, -0.2) is 0 Å². The van der Waals surface area contributed by atoms with Gasteiger partial charge in [-0.15, -0.1) is 0 Å². The van der Waals surface area contributed by atoms with Crippen LogP contribution in [0.5, 0.6) is 0 Å². The van der Waals surface area contributed by atoms with Gasteiger partial charge in [0.1, 0.15) is 0 Å². The van der Waals surface area contributed by atoms with E-state index >= 15 is 0 Å². The van der Waals surface area contributed by atoms with Gasteiger partial charge in [0.05, 0.1) is 12.7 Å². The highest BCUT2D eigenvalue weighted by molar-refractivity contribution is 4.64. The zero-order valence-electron chi connectivity index (χ0n) is 12.4. The quantitative estimate of drug-likeness (QED) is 0.520. The lowest BCUT2D eigenvalue weighted by Crippen LogP contribution is -2.31. The first-order valence-corrected chi connectivity index (χ1v) is 7.49. The van der Waals surface area contributed by atoms with E-state index in [1.165, 1.54) is 51.4 Å². The Balaban J connectivity index is 3.31. The van der Waals surface area contributed by atoms with Crippen molar-refractivity contribution in [1.82, 2.24) is 5.32 Å². The van der Waals surface area contributed by atoms with Gasteiger partial charge in [-0.05, 0) is 27.3 Å². The van der Waals surface area contributed by atoms with Crippen LogP contribution in [0.1, 0.15) is 72.1 Å². The van der Waals surface area contributed by atoms with Gasteiger partial charge < -0.3 is 10.1 Å². The number of nitrogens with one attached hydrogen (secondary N) is 1. The largest absolute Gasteiger partial charge is 0.377 e. The average Bonchev–Trinajstić information content (AvgIpc) is 2.31. The van der Waals surface area contributed by atoms with E-state index in [1.54, 1.807) is 0 Å². The van der Waals surface area contributed by atoms with Crippen LogP contribution < -0.4 is 5.32 Å². The smallest absolute Gasteiger partial charge is 0.0622 e. The molecule has 0 spiro atoms. The summed E-state index contributed by atoms with van der Waals surface area (Å²) in [7, 11) is 2.04. The first-order chi connectivity index (χ1) is 8.20. The Labute approximate surface area is 109 Å². The number of hydrogen-bond donors (Lipinski definition) is 1. The van der Waals surface area contributed by atoms with E-state index in [0.717, 1.165) is 6.61 Å².